The van der Waals surface area contributed by atoms with E-state index in [1.165, 1.54) is 16.3 Å². The number of carbonyl (C=O) groups is 1. The van der Waals surface area contributed by atoms with Crippen LogP contribution in [-0.4, -0.2) is 35.9 Å². The van der Waals surface area contributed by atoms with Crippen molar-refractivity contribution in [3.8, 4) is 11.8 Å². The van der Waals surface area contributed by atoms with Crippen molar-refractivity contribution in [3.63, 3.8) is 0 Å². The molecule has 35 heavy (non-hydrogen) atoms. The average Bonchev–Trinajstić information content (AvgIpc) is 2.81. The summed E-state index contributed by atoms with van der Waals surface area (Å²) < 4.78 is 5.70. The minimum absolute atomic E-state index is 0. The van der Waals surface area contributed by atoms with Gasteiger partial charge in [-0.1, -0.05) is 48.5 Å². The molecular formula is C28H31N2NaO4. The van der Waals surface area contributed by atoms with Gasteiger partial charge in [-0.25, -0.2) is 0 Å². The predicted octanol–water partition coefficient (Wildman–Crippen LogP) is 0.139. The fourth-order valence-corrected chi connectivity index (χ4v) is 3.94. The third-order valence-corrected chi connectivity index (χ3v) is 5.72. The molecule has 1 atom stereocenters. The fraction of sp³-hybridized carbons (Fsp3) is 0.357. The molecular weight excluding hydrogens is 451 g/mol. The number of benzene rings is 3. The summed E-state index contributed by atoms with van der Waals surface area (Å²) in [6.07, 6.45) is 1.04. The van der Waals surface area contributed by atoms with Crippen molar-refractivity contribution < 1.29 is 49.3 Å². The van der Waals surface area contributed by atoms with E-state index >= 15 is 0 Å². The second-order valence-electron chi connectivity index (χ2n) is 9.26. The number of aryl methyl sites for hydroxylation is 1. The van der Waals surface area contributed by atoms with Crippen LogP contribution in [0.4, 0.5) is 0 Å². The molecule has 0 spiro atoms. The number of fused-ring (bicyclic) bond motifs is 1. The monoisotopic (exact) mass is 482 g/mol. The molecule has 3 aromatic carbocycles. The number of aliphatic hydroxyl groups excluding tert-OH is 1. The number of hydrogen-bond donors (Lipinski definition) is 2. The van der Waals surface area contributed by atoms with E-state index in [0.717, 1.165) is 12.0 Å². The molecule has 3 aromatic rings. The number of β-amino-alcohol motifs (C(OH)–C–C–N with tert-alkyl or cyclic N) is 1. The third kappa shape index (κ3) is 9.29. The maximum Gasteiger partial charge on any atom is 1.00 e. The van der Waals surface area contributed by atoms with Gasteiger partial charge in [0.2, 0.25) is 0 Å². The molecule has 2 N–H and O–H groups in total. The zero-order valence-corrected chi connectivity index (χ0v) is 22.7. The van der Waals surface area contributed by atoms with E-state index in [4.69, 9.17) is 4.74 Å². The molecule has 0 saturated carbocycles. The van der Waals surface area contributed by atoms with Crippen molar-refractivity contribution in [2.24, 2.45) is 0 Å². The number of aliphatic carboxylic acids is 1. The summed E-state index contributed by atoms with van der Waals surface area (Å²) in [5.41, 5.74) is 2.22. The van der Waals surface area contributed by atoms with Crippen molar-refractivity contribution in [2.75, 3.05) is 13.2 Å². The summed E-state index contributed by atoms with van der Waals surface area (Å²) >= 11 is 0. The Balaban J connectivity index is 0.00000432. The Hall–Kier alpha value is -2.40. The first kappa shape index (κ1) is 28.8. The van der Waals surface area contributed by atoms with Crippen LogP contribution in [0.2, 0.25) is 0 Å². The zero-order valence-electron chi connectivity index (χ0n) is 20.7. The van der Waals surface area contributed by atoms with E-state index in [1.54, 1.807) is 12.1 Å². The predicted molar refractivity (Wildman–Crippen MR) is 130 cm³/mol. The van der Waals surface area contributed by atoms with Gasteiger partial charge in [-0.2, -0.15) is 5.26 Å². The summed E-state index contributed by atoms with van der Waals surface area (Å²) in [6.45, 7) is 4.60. The summed E-state index contributed by atoms with van der Waals surface area (Å²) in [7, 11) is 0. The van der Waals surface area contributed by atoms with Gasteiger partial charge in [-0.3, -0.25) is 0 Å². The van der Waals surface area contributed by atoms with Crippen molar-refractivity contribution in [3.05, 3.63) is 77.4 Å². The van der Waals surface area contributed by atoms with E-state index in [-0.39, 0.29) is 48.1 Å². The van der Waals surface area contributed by atoms with Crippen LogP contribution in [0, 0.1) is 11.3 Å². The quantitative estimate of drug-likeness (QED) is 0.356. The number of nitrogens with zero attached hydrogens (tertiary/aromatic N) is 1. The Morgan fingerprint density at radius 1 is 1.11 bits per heavy atom. The molecule has 0 radical (unpaired) electrons. The average molecular weight is 483 g/mol. The Morgan fingerprint density at radius 2 is 1.83 bits per heavy atom. The van der Waals surface area contributed by atoms with Crippen LogP contribution >= 0.6 is 0 Å². The number of nitrogens with one attached hydrogen (secondary N) is 1. The molecule has 3 rings (SSSR count). The zero-order chi connectivity index (χ0) is 24.6. The molecule has 6 nitrogen and oxygen atoms in total. The van der Waals surface area contributed by atoms with E-state index in [1.807, 2.05) is 18.2 Å². The molecule has 0 heterocycles. The first-order valence-corrected chi connectivity index (χ1v) is 11.5. The Morgan fingerprint density at radius 3 is 2.54 bits per heavy atom. The maximum atomic E-state index is 10.6. The van der Waals surface area contributed by atoms with Crippen LogP contribution < -0.4 is 44.7 Å². The van der Waals surface area contributed by atoms with Gasteiger partial charge in [-0.05, 0) is 73.6 Å². The normalized spacial score (nSPS) is 11.9. The first-order chi connectivity index (χ1) is 16.3. The number of nitriles is 1. The molecule has 7 heteroatoms. The van der Waals surface area contributed by atoms with Crippen LogP contribution in [0.25, 0.3) is 10.8 Å². The number of aliphatic hydroxyl groups is 1. The van der Waals surface area contributed by atoms with Crippen LogP contribution in [0.1, 0.15) is 43.4 Å². The molecule has 0 aliphatic rings. The van der Waals surface area contributed by atoms with E-state index in [0.29, 0.717) is 30.7 Å². The van der Waals surface area contributed by atoms with Gasteiger partial charge in [0, 0.05) is 18.1 Å². The number of rotatable bonds is 12. The van der Waals surface area contributed by atoms with E-state index in [9.17, 15) is 20.3 Å². The number of carboxylic acids is 1. The van der Waals surface area contributed by atoms with Crippen LogP contribution in [0.3, 0.4) is 0 Å². The molecule has 0 fully saturated rings. The molecule has 0 amide bonds. The number of ether oxygens (including phenoxy) is 1. The second-order valence-corrected chi connectivity index (χ2v) is 9.26. The van der Waals surface area contributed by atoms with Crippen LogP contribution in [0.15, 0.2) is 60.7 Å². The van der Waals surface area contributed by atoms with Gasteiger partial charge in [0.05, 0.1) is 5.56 Å². The number of carboxylic acid groups (broad SMARTS) is 1. The van der Waals surface area contributed by atoms with Gasteiger partial charge >= 0.3 is 29.6 Å². The molecule has 0 saturated heterocycles. The fourth-order valence-electron chi connectivity index (χ4n) is 3.94. The summed E-state index contributed by atoms with van der Waals surface area (Å²) in [6, 6.07) is 22.0. The number of hydrogen-bond acceptors (Lipinski definition) is 6. The molecule has 0 unspecified atom stereocenters. The summed E-state index contributed by atoms with van der Waals surface area (Å²) in [5.74, 6) is -0.677. The van der Waals surface area contributed by atoms with Crippen LogP contribution in [0.5, 0.6) is 5.75 Å². The van der Waals surface area contributed by atoms with Crippen LogP contribution in [-0.2, 0) is 17.6 Å². The third-order valence-electron chi connectivity index (χ3n) is 5.72. The Labute approximate surface area is 229 Å². The van der Waals surface area contributed by atoms with Crippen molar-refractivity contribution in [1.29, 1.82) is 5.26 Å². The first-order valence-electron chi connectivity index (χ1n) is 11.5. The SMILES string of the molecule is CC(C)(Cc1ccc2ccccc2c1)NC[C@@H](O)COc1ccc(CCCC(=O)[O-])cc1C#N.[Na+]. The Bertz CT molecular complexity index is 1170. The van der Waals surface area contributed by atoms with E-state index in [2.05, 4.69) is 55.6 Å². The summed E-state index contributed by atoms with van der Waals surface area (Å²) in [5, 5.41) is 36.3. The van der Waals surface area contributed by atoms with Gasteiger partial charge in [0.15, 0.2) is 0 Å². The molecule has 0 aliphatic heterocycles. The maximum absolute atomic E-state index is 10.6. The molecule has 0 bridgehead atoms. The molecule has 178 valence electrons. The van der Waals surface area contributed by atoms with Gasteiger partial charge < -0.3 is 25.1 Å². The smallest absolute Gasteiger partial charge is 0.550 e. The largest absolute Gasteiger partial charge is 1.00 e. The topological polar surface area (TPSA) is 105 Å². The van der Waals surface area contributed by atoms with Crippen molar-refractivity contribution in [2.45, 2.75) is 51.2 Å². The van der Waals surface area contributed by atoms with E-state index < -0.39 is 12.1 Å². The van der Waals surface area contributed by atoms with Crippen molar-refractivity contribution >= 4 is 16.7 Å². The van der Waals surface area contributed by atoms with Gasteiger partial charge in [0.1, 0.15) is 24.5 Å². The van der Waals surface area contributed by atoms with Crippen molar-refractivity contribution in [1.82, 2.24) is 5.32 Å². The minimum atomic E-state index is -1.08. The molecule has 0 aromatic heterocycles. The Kier molecular flexibility index (Phi) is 11.2. The second kappa shape index (κ2) is 13.6. The minimum Gasteiger partial charge on any atom is -0.550 e. The van der Waals surface area contributed by atoms with Gasteiger partial charge in [-0.15, -0.1) is 0 Å². The van der Waals surface area contributed by atoms with Gasteiger partial charge in [0.25, 0.3) is 0 Å². The molecule has 0 aliphatic carbocycles. The summed E-state index contributed by atoms with van der Waals surface area (Å²) in [4.78, 5) is 10.6. The standard InChI is InChI=1S/C28H32N2O4.Na/c1-28(2,16-21-10-12-22-7-3-4-8-23(22)15-21)30-18-25(31)19-34-26-13-11-20(14-24(26)17-29)6-5-9-27(32)33;/h3-4,7-8,10-15,25,30-31H,5-6,9,16,18-19H2,1-2H3,(H,32,33);/q;+1/p-1/t25-;/m1./s1. The number of carbonyl (C=O) groups excluding carboxylic acids is 1.